The fourth-order valence-corrected chi connectivity index (χ4v) is 2.62. The van der Waals surface area contributed by atoms with Crippen molar-refractivity contribution in [3.8, 4) is 0 Å². The lowest BCUT2D eigenvalue weighted by atomic mass is 10.3. The highest BCUT2D eigenvalue weighted by molar-refractivity contribution is 7.80. The third-order valence-corrected chi connectivity index (χ3v) is 3.87. The highest BCUT2D eigenvalue weighted by Gasteiger charge is 2.25. The predicted octanol–water partition coefficient (Wildman–Crippen LogP) is 1.49. The number of nitrogens with zero attached hydrogens (tertiary/aromatic N) is 1. The summed E-state index contributed by atoms with van der Waals surface area (Å²) < 4.78 is 0. The molecular weight excluding hydrogens is 218 g/mol. The van der Waals surface area contributed by atoms with Crippen LogP contribution in [-0.4, -0.2) is 42.2 Å². The number of hydrogen-bond donors (Lipinski definition) is 2. The fraction of sp³-hybridized carbons (Fsp3) is 0.917. The second kappa shape index (κ2) is 5.82. The molecule has 2 aliphatic rings. The molecule has 3 nitrogen and oxygen atoms in total. The first-order valence-corrected chi connectivity index (χ1v) is 6.91. The molecule has 0 atom stereocenters. The monoisotopic (exact) mass is 241 g/mol. The minimum Gasteiger partial charge on any atom is -0.361 e. The van der Waals surface area contributed by atoms with Crippen LogP contribution in [0.15, 0.2) is 0 Å². The van der Waals surface area contributed by atoms with E-state index in [1.165, 1.54) is 38.5 Å². The van der Waals surface area contributed by atoms with Gasteiger partial charge in [-0.25, -0.2) is 0 Å². The smallest absolute Gasteiger partial charge is 0.166 e. The van der Waals surface area contributed by atoms with Crippen molar-refractivity contribution >= 4 is 17.3 Å². The standard InChI is InChI=1S/C12H23N3S/c1-15(11-6-7-11)9-8-13-12(16)14-10-4-2-3-5-10/h10-11H,2-9H2,1H3,(H2,13,14,16). The van der Waals surface area contributed by atoms with Gasteiger partial charge >= 0.3 is 0 Å². The molecule has 2 aliphatic carbocycles. The van der Waals surface area contributed by atoms with Gasteiger partial charge in [0.25, 0.3) is 0 Å². The highest BCUT2D eigenvalue weighted by Crippen LogP contribution is 2.24. The van der Waals surface area contributed by atoms with Crippen LogP contribution in [0.1, 0.15) is 38.5 Å². The Morgan fingerprint density at radius 3 is 2.56 bits per heavy atom. The van der Waals surface area contributed by atoms with Crippen molar-refractivity contribution in [1.29, 1.82) is 0 Å². The van der Waals surface area contributed by atoms with Crippen molar-refractivity contribution in [3.05, 3.63) is 0 Å². The second-order valence-corrected chi connectivity index (χ2v) is 5.50. The van der Waals surface area contributed by atoms with Gasteiger partial charge in [0.2, 0.25) is 0 Å². The van der Waals surface area contributed by atoms with Gasteiger partial charge in [0, 0.05) is 25.2 Å². The third kappa shape index (κ3) is 3.91. The molecule has 2 fully saturated rings. The van der Waals surface area contributed by atoms with E-state index in [2.05, 4.69) is 22.6 Å². The van der Waals surface area contributed by atoms with Crippen molar-refractivity contribution in [2.24, 2.45) is 0 Å². The molecular formula is C12H23N3S. The molecule has 0 spiro atoms. The van der Waals surface area contributed by atoms with E-state index in [1.54, 1.807) is 0 Å². The number of nitrogens with one attached hydrogen (secondary N) is 2. The van der Waals surface area contributed by atoms with Gasteiger partial charge in [-0.1, -0.05) is 12.8 Å². The van der Waals surface area contributed by atoms with Gasteiger partial charge in [-0.3, -0.25) is 0 Å². The Hall–Kier alpha value is -0.350. The molecule has 0 aromatic rings. The first-order chi connectivity index (χ1) is 7.75. The van der Waals surface area contributed by atoms with Gasteiger partial charge in [-0.05, 0) is 44.9 Å². The predicted molar refractivity (Wildman–Crippen MR) is 71.6 cm³/mol. The first kappa shape index (κ1) is 12.1. The Morgan fingerprint density at radius 1 is 1.25 bits per heavy atom. The summed E-state index contributed by atoms with van der Waals surface area (Å²) in [6.07, 6.45) is 8.02. The van der Waals surface area contributed by atoms with E-state index in [9.17, 15) is 0 Å². The minimum atomic E-state index is 0.626. The molecule has 0 amide bonds. The van der Waals surface area contributed by atoms with Crippen molar-refractivity contribution in [2.75, 3.05) is 20.1 Å². The average molecular weight is 241 g/mol. The zero-order valence-corrected chi connectivity index (χ0v) is 11.0. The first-order valence-electron chi connectivity index (χ1n) is 6.50. The third-order valence-electron chi connectivity index (χ3n) is 3.61. The summed E-state index contributed by atoms with van der Waals surface area (Å²) in [7, 11) is 2.20. The fourth-order valence-electron chi connectivity index (χ4n) is 2.35. The Morgan fingerprint density at radius 2 is 1.94 bits per heavy atom. The highest BCUT2D eigenvalue weighted by atomic mass is 32.1. The van der Waals surface area contributed by atoms with Crippen LogP contribution in [-0.2, 0) is 0 Å². The summed E-state index contributed by atoms with van der Waals surface area (Å²) in [5.41, 5.74) is 0. The zero-order valence-electron chi connectivity index (χ0n) is 10.2. The van der Waals surface area contributed by atoms with E-state index in [1.807, 2.05) is 0 Å². The van der Waals surface area contributed by atoms with Crippen LogP contribution in [0.5, 0.6) is 0 Å². The minimum absolute atomic E-state index is 0.626. The average Bonchev–Trinajstić information content (AvgIpc) is 2.99. The van der Waals surface area contributed by atoms with E-state index < -0.39 is 0 Å². The normalized spacial score (nSPS) is 21.4. The largest absolute Gasteiger partial charge is 0.361 e. The van der Waals surface area contributed by atoms with Crippen LogP contribution in [0.3, 0.4) is 0 Å². The van der Waals surface area contributed by atoms with Gasteiger partial charge in [0.15, 0.2) is 5.11 Å². The lowest BCUT2D eigenvalue weighted by Gasteiger charge is -2.19. The molecule has 0 aliphatic heterocycles. The van der Waals surface area contributed by atoms with Crippen LogP contribution in [0.25, 0.3) is 0 Å². The summed E-state index contributed by atoms with van der Waals surface area (Å²) in [5, 5.41) is 7.54. The number of thiocarbonyl (C=S) groups is 1. The lowest BCUT2D eigenvalue weighted by Crippen LogP contribution is -2.43. The quantitative estimate of drug-likeness (QED) is 0.713. The van der Waals surface area contributed by atoms with Crippen molar-refractivity contribution < 1.29 is 0 Å². The van der Waals surface area contributed by atoms with Crippen molar-refractivity contribution in [2.45, 2.75) is 50.6 Å². The molecule has 2 saturated carbocycles. The van der Waals surface area contributed by atoms with E-state index in [-0.39, 0.29) is 0 Å². The Kier molecular flexibility index (Phi) is 4.41. The molecule has 0 heterocycles. The van der Waals surface area contributed by atoms with Gasteiger partial charge in [-0.15, -0.1) is 0 Å². The van der Waals surface area contributed by atoms with Crippen LogP contribution >= 0.6 is 12.2 Å². The summed E-state index contributed by atoms with van der Waals surface area (Å²) in [4.78, 5) is 2.42. The topological polar surface area (TPSA) is 27.3 Å². The molecule has 0 bridgehead atoms. The summed E-state index contributed by atoms with van der Waals surface area (Å²) in [6.45, 7) is 2.06. The van der Waals surface area contributed by atoms with Gasteiger partial charge in [0.1, 0.15) is 0 Å². The van der Waals surface area contributed by atoms with Crippen molar-refractivity contribution in [3.63, 3.8) is 0 Å². The molecule has 2 rings (SSSR count). The van der Waals surface area contributed by atoms with Crippen molar-refractivity contribution in [1.82, 2.24) is 15.5 Å². The second-order valence-electron chi connectivity index (χ2n) is 5.09. The molecule has 0 aromatic carbocycles. The molecule has 0 radical (unpaired) electrons. The van der Waals surface area contributed by atoms with E-state index in [4.69, 9.17) is 12.2 Å². The van der Waals surface area contributed by atoms with E-state index in [0.717, 1.165) is 24.2 Å². The van der Waals surface area contributed by atoms with Crippen LogP contribution in [0.2, 0.25) is 0 Å². The number of hydrogen-bond acceptors (Lipinski definition) is 2. The molecule has 2 N–H and O–H groups in total. The summed E-state index contributed by atoms with van der Waals surface area (Å²) in [6, 6.07) is 1.47. The van der Waals surface area contributed by atoms with Gasteiger partial charge in [-0.2, -0.15) is 0 Å². The maximum atomic E-state index is 5.28. The SMILES string of the molecule is CN(CCNC(=S)NC1CCCC1)C1CC1. The van der Waals surface area contributed by atoms with Gasteiger partial charge < -0.3 is 15.5 Å². The zero-order chi connectivity index (χ0) is 11.4. The number of likely N-dealkylation sites (N-methyl/N-ethyl adjacent to an activating group) is 1. The summed E-state index contributed by atoms with van der Waals surface area (Å²) >= 11 is 5.28. The molecule has 0 aromatic heterocycles. The Labute approximate surface area is 104 Å². The molecule has 16 heavy (non-hydrogen) atoms. The molecule has 0 unspecified atom stereocenters. The number of rotatable bonds is 5. The van der Waals surface area contributed by atoms with Crippen LogP contribution in [0.4, 0.5) is 0 Å². The van der Waals surface area contributed by atoms with Crippen LogP contribution < -0.4 is 10.6 Å². The maximum absolute atomic E-state index is 5.28. The van der Waals surface area contributed by atoms with E-state index >= 15 is 0 Å². The van der Waals surface area contributed by atoms with E-state index in [0.29, 0.717) is 6.04 Å². The van der Waals surface area contributed by atoms with Gasteiger partial charge in [0.05, 0.1) is 0 Å². The maximum Gasteiger partial charge on any atom is 0.166 e. The summed E-state index contributed by atoms with van der Waals surface area (Å²) in [5.74, 6) is 0. The van der Waals surface area contributed by atoms with Crippen LogP contribution in [0, 0.1) is 0 Å². The molecule has 4 heteroatoms. The molecule has 92 valence electrons. The molecule has 0 saturated heterocycles. The lowest BCUT2D eigenvalue weighted by molar-refractivity contribution is 0.328. The Bertz CT molecular complexity index is 234. The Balaban J connectivity index is 1.52.